The molecule has 0 aliphatic heterocycles. The van der Waals surface area contributed by atoms with Crippen molar-refractivity contribution in [1.82, 2.24) is 5.32 Å². The van der Waals surface area contributed by atoms with Gasteiger partial charge in [-0.15, -0.1) is 0 Å². The molecule has 1 saturated carbocycles. The minimum absolute atomic E-state index is 0.00923. The zero-order chi connectivity index (χ0) is 13.5. The van der Waals surface area contributed by atoms with E-state index in [1.807, 2.05) is 0 Å². The van der Waals surface area contributed by atoms with Crippen molar-refractivity contribution in [2.45, 2.75) is 31.7 Å². The van der Waals surface area contributed by atoms with E-state index in [1.165, 1.54) is 0 Å². The molecule has 0 radical (unpaired) electrons. The highest BCUT2D eigenvalue weighted by atomic mass is 16.5. The molecule has 0 spiro atoms. The average Bonchev–Trinajstić information content (AvgIpc) is 2.20. The third-order valence-electron chi connectivity index (χ3n) is 2.82. The van der Waals surface area contributed by atoms with Gasteiger partial charge in [-0.3, -0.25) is 14.4 Å². The lowest BCUT2D eigenvalue weighted by molar-refractivity contribution is -0.151. The second-order valence-electron chi connectivity index (χ2n) is 4.29. The predicted molar refractivity (Wildman–Crippen MR) is 61.5 cm³/mol. The van der Waals surface area contributed by atoms with E-state index in [2.05, 4.69) is 5.32 Å². The Kier molecular flexibility index (Phi) is 5.57. The number of carbonyl (C=O) groups excluding carboxylic acids is 2. The maximum atomic E-state index is 11.3. The molecule has 0 aromatic heterocycles. The first-order chi connectivity index (χ1) is 8.50. The van der Waals surface area contributed by atoms with Crippen molar-refractivity contribution in [2.24, 2.45) is 11.7 Å². The van der Waals surface area contributed by atoms with Gasteiger partial charge in [-0.2, -0.15) is 0 Å². The maximum absolute atomic E-state index is 11.3. The molecule has 4 N–H and O–H groups in total. The van der Waals surface area contributed by atoms with Gasteiger partial charge < -0.3 is 20.9 Å². The number of carbonyl (C=O) groups is 3. The van der Waals surface area contributed by atoms with Crippen LogP contribution in [0.3, 0.4) is 0 Å². The number of nitrogens with two attached hydrogens (primary N) is 1. The van der Waals surface area contributed by atoms with Gasteiger partial charge in [-0.05, 0) is 12.8 Å². The standard InChI is InChI=1S/C11H18N2O5/c12-8(6-9(14)15)10(16)13-4-5-18-11(17)7-2-1-3-7/h7-8H,1-6,12H2,(H,13,16)(H,14,15)/t8-/m1/s1. The van der Waals surface area contributed by atoms with E-state index in [0.29, 0.717) is 0 Å². The normalized spacial score (nSPS) is 16.5. The Morgan fingerprint density at radius 3 is 2.56 bits per heavy atom. The van der Waals surface area contributed by atoms with Gasteiger partial charge in [0.25, 0.3) is 0 Å². The summed E-state index contributed by atoms with van der Waals surface area (Å²) in [6, 6.07) is -1.08. The molecule has 0 aromatic carbocycles. The second-order valence-corrected chi connectivity index (χ2v) is 4.29. The van der Waals surface area contributed by atoms with Gasteiger partial charge in [0.05, 0.1) is 24.9 Å². The zero-order valence-corrected chi connectivity index (χ0v) is 10.1. The van der Waals surface area contributed by atoms with Crippen LogP contribution in [0.4, 0.5) is 0 Å². The van der Waals surface area contributed by atoms with Crippen molar-refractivity contribution in [2.75, 3.05) is 13.2 Å². The summed E-state index contributed by atoms with van der Waals surface area (Å²) in [5.74, 6) is -1.91. The number of carboxylic acids is 1. The number of hydrogen-bond donors (Lipinski definition) is 3. The lowest BCUT2D eigenvalue weighted by Crippen LogP contribution is -2.43. The summed E-state index contributed by atoms with van der Waals surface area (Å²) in [5, 5.41) is 10.9. The van der Waals surface area contributed by atoms with E-state index < -0.39 is 24.3 Å². The number of ether oxygens (including phenoxy) is 1. The molecule has 1 rings (SSSR count). The van der Waals surface area contributed by atoms with E-state index in [9.17, 15) is 14.4 Å². The number of nitrogens with one attached hydrogen (secondary N) is 1. The molecule has 0 aromatic rings. The van der Waals surface area contributed by atoms with Gasteiger partial charge in [0.1, 0.15) is 6.61 Å². The van der Waals surface area contributed by atoms with Gasteiger partial charge in [-0.1, -0.05) is 6.42 Å². The van der Waals surface area contributed by atoms with Crippen LogP contribution in [0.1, 0.15) is 25.7 Å². The molecule has 1 aliphatic carbocycles. The van der Waals surface area contributed by atoms with E-state index in [0.717, 1.165) is 19.3 Å². The van der Waals surface area contributed by atoms with Crippen molar-refractivity contribution in [3.63, 3.8) is 0 Å². The molecular weight excluding hydrogens is 240 g/mol. The van der Waals surface area contributed by atoms with Crippen molar-refractivity contribution in [1.29, 1.82) is 0 Å². The number of rotatable bonds is 7. The van der Waals surface area contributed by atoms with Crippen LogP contribution in [-0.4, -0.2) is 42.1 Å². The van der Waals surface area contributed by atoms with Gasteiger partial charge in [0.15, 0.2) is 0 Å². The number of amides is 1. The van der Waals surface area contributed by atoms with E-state index >= 15 is 0 Å². The minimum Gasteiger partial charge on any atom is -0.481 e. The Morgan fingerprint density at radius 1 is 1.39 bits per heavy atom. The summed E-state index contributed by atoms with van der Waals surface area (Å²) < 4.78 is 4.95. The fraction of sp³-hybridized carbons (Fsp3) is 0.727. The first kappa shape index (κ1) is 14.4. The summed E-state index contributed by atoms with van der Waals surface area (Å²) in [5.41, 5.74) is 5.34. The van der Waals surface area contributed by atoms with Gasteiger partial charge in [0.2, 0.25) is 5.91 Å². The lowest BCUT2D eigenvalue weighted by atomic mass is 9.86. The molecule has 102 valence electrons. The fourth-order valence-corrected chi connectivity index (χ4v) is 1.50. The molecular formula is C11H18N2O5. The maximum Gasteiger partial charge on any atom is 0.308 e. The van der Waals surface area contributed by atoms with Crippen LogP contribution < -0.4 is 11.1 Å². The van der Waals surface area contributed by atoms with Crippen molar-refractivity contribution in [3.8, 4) is 0 Å². The van der Waals surface area contributed by atoms with Crippen molar-refractivity contribution < 1.29 is 24.2 Å². The Balaban J connectivity index is 2.07. The largest absolute Gasteiger partial charge is 0.481 e. The molecule has 7 nitrogen and oxygen atoms in total. The highest BCUT2D eigenvalue weighted by Gasteiger charge is 2.26. The highest BCUT2D eigenvalue weighted by molar-refractivity contribution is 5.85. The molecule has 1 fully saturated rings. The summed E-state index contributed by atoms with van der Waals surface area (Å²) in [6.07, 6.45) is 2.37. The first-order valence-corrected chi connectivity index (χ1v) is 5.92. The lowest BCUT2D eigenvalue weighted by Gasteiger charge is -2.23. The molecule has 1 aliphatic rings. The molecule has 0 saturated heterocycles. The minimum atomic E-state index is -1.13. The number of hydrogen-bond acceptors (Lipinski definition) is 5. The third-order valence-corrected chi connectivity index (χ3v) is 2.82. The number of carboxylic acid groups (broad SMARTS) is 1. The Bertz CT molecular complexity index is 327. The highest BCUT2D eigenvalue weighted by Crippen LogP contribution is 2.27. The molecule has 1 atom stereocenters. The summed E-state index contributed by atoms with van der Waals surface area (Å²) >= 11 is 0. The van der Waals surface area contributed by atoms with Crippen LogP contribution in [0.5, 0.6) is 0 Å². The summed E-state index contributed by atoms with van der Waals surface area (Å²) in [6.45, 7) is 0.228. The Hall–Kier alpha value is -1.63. The average molecular weight is 258 g/mol. The van der Waals surface area contributed by atoms with Crippen molar-refractivity contribution in [3.05, 3.63) is 0 Å². The Labute approximate surface area is 105 Å². The predicted octanol–water partition coefficient (Wildman–Crippen LogP) is -0.752. The van der Waals surface area contributed by atoms with Crippen LogP contribution in [-0.2, 0) is 19.1 Å². The summed E-state index contributed by atoms with van der Waals surface area (Å²) in [7, 11) is 0. The topological polar surface area (TPSA) is 119 Å². The van der Waals surface area contributed by atoms with Gasteiger partial charge in [-0.25, -0.2) is 0 Å². The van der Waals surface area contributed by atoms with Gasteiger partial charge >= 0.3 is 11.9 Å². The van der Waals surface area contributed by atoms with Crippen LogP contribution in [0, 0.1) is 5.92 Å². The van der Waals surface area contributed by atoms with Crippen LogP contribution in [0.2, 0.25) is 0 Å². The van der Waals surface area contributed by atoms with Crippen LogP contribution >= 0.6 is 0 Å². The van der Waals surface area contributed by atoms with E-state index in [1.54, 1.807) is 0 Å². The number of esters is 1. The zero-order valence-electron chi connectivity index (χ0n) is 10.1. The van der Waals surface area contributed by atoms with E-state index in [4.69, 9.17) is 15.6 Å². The molecule has 0 heterocycles. The fourth-order valence-electron chi connectivity index (χ4n) is 1.50. The smallest absolute Gasteiger partial charge is 0.308 e. The summed E-state index contributed by atoms with van der Waals surface area (Å²) in [4.78, 5) is 32.9. The first-order valence-electron chi connectivity index (χ1n) is 5.92. The Morgan fingerprint density at radius 2 is 2.06 bits per heavy atom. The third kappa shape index (κ3) is 4.70. The molecule has 0 unspecified atom stereocenters. The molecule has 18 heavy (non-hydrogen) atoms. The number of aliphatic carboxylic acids is 1. The van der Waals surface area contributed by atoms with Crippen LogP contribution in [0.15, 0.2) is 0 Å². The van der Waals surface area contributed by atoms with Gasteiger partial charge in [0, 0.05) is 0 Å². The second kappa shape index (κ2) is 6.95. The van der Waals surface area contributed by atoms with Crippen molar-refractivity contribution >= 4 is 17.8 Å². The molecule has 1 amide bonds. The van der Waals surface area contributed by atoms with Crippen LogP contribution in [0.25, 0.3) is 0 Å². The quantitative estimate of drug-likeness (QED) is 0.408. The molecule has 7 heteroatoms. The molecule has 0 bridgehead atoms. The van der Waals surface area contributed by atoms with E-state index in [-0.39, 0.29) is 25.0 Å². The monoisotopic (exact) mass is 258 g/mol. The SMILES string of the molecule is N[C@H](CC(=O)O)C(=O)NCCOC(=O)C1CCC1.